The van der Waals surface area contributed by atoms with E-state index >= 15 is 0 Å². The number of hydrogen-bond acceptors (Lipinski definition) is 1. The summed E-state index contributed by atoms with van der Waals surface area (Å²) in [6.07, 6.45) is 3.35. The normalized spacial score (nSPS) is 18.4. The van der Waals surface area contributed by atoms with Crippen LogP contribution in [0.1, 0.15) is 18.4 Å². The van der Waals surface area contributed by atoms with Crippen LogP contribution in [0.25, 0.3) is 0 Å². The smallest absolute Gasteiger partial charge is 0.127 e. The highest BCUT2D eigenvalue weighted by molar-refractivity contribution is 9.10. The largest absolute Gasteiger partial charge is 0.367 e. The summed E-state index contributed by atoms with van der Waals surface area (Å²) in [6.45, 7) is 0.872. The van der Waals surface area contributed by atoms with Gasteiger partial charge in [0.25, 0.3) is 0 Å². The van der Waals surface area contributed by atoms with Gasteiger partial charge in [-0.05, 0) is 18.9 Å². The van der Waals surface area contributed by atoms with Crippen molar-refractivity contribution in [3.63, 3.8) is 0 Å². The van der Waals surface area contributed by atoms with Gasteiger partial charge in [-0.2, -0.15) is 0 Å². The Hall–Kier alpha value is -0.340. The molecule has 1 heterocycles. The van der Waals surface area contributed by atoms with Crippen molar-refractivity contribution in [1.82, 2.24) is 0 Å². The minimum absolute atomic E-state index is 0.872. The summed E-state index contributed by atoms with van der Waals surface area (Å²) >= 11 is 3.51. The Kier molecular flexibility index (Phi) is 2.47. The van der Waals surface area contributed by atoms with Crippen molar-refractivity contribution in [2.45, 2.75) is 12.8 Å². The predicted molar refractivity (Wildman–Crippen MR) is 51.7 cm³/mol. The van der Waals surface area contributed by atoms with E-state index in [2.05, 4.69) is 22.0 Å². The second kappa shape index (κ2) is 3.58. The van der Waals surface area contributed by atoms with Crippen molar-refractivity contribution in [2.75, 3.05) is 6.61 Å². The van der Waals surface area contributed by atoms with Gasteiger partial charge in [-0.1, -0.05) is 34.1 Å². The third-order valence-electron chi connectivity index (χ3n) is 2.00. The lowest BCUT2D eigenvalue weighted by atomic mass is 10.1. The molecule has 1 aliphatic heterocycles. The minimum Gasteiger partial charge on any atom is -0.367 e. The second-order valence-corrected chi connectivity index (χ2v) is 3.71. The van der Waals surface area contributed by atoms with Gasteiger partial charge in [-0.25, -0.2) is 0 Å². The van der Waals surface area contributed by atoms with Gasteiger partial charge in [0.15, 0.2) is 0 Å². The summed E-state index contributed by atoms with van der Waals surface area (Å²) in [5.41, 5.74) is 1.20. The van der Waals surface area contributed by atoms with Crippen LogP contribution in [0.15, 0.2) is 28.7 Å². The van der Waals surface area contributed by atoms with Crippen molar-refractivity contribution in [1.29, 1.82) is 0 Å². The van der Waals surface area contributed by atoms with Crippen molar-refractivity contribution in [3.05, 3.63) is 40.4 Å². The molecule has 0 atom stereocenters. The molecule has 1 aliphatic rings. The molecule has 1 saturated heterocycles. The predicted octanol–water partition coefficient (Wildman–Crippen LogP) is 3.14. The third kappa shape index (κ3) is 1.54. The molecule has 0 amide bonds. The molecule has 0 bridgehead atoms. The van der Waals surface area contributed by atoms with Crippen molar-refractivity contribution in [3.8, 4) is 0 Å². The molecule has 0 aromatic heterocycles. The molecule has 1 aromatic rings. The first-order valence-corrected chi connectivity index (χ1v) is 4.91. The number of ether oxygens (including phenoxy) is 1. The average Bonchev–Trinajstić information content (AvgIpc) is 2.57. The van der Waals surface area contributed by atoms with E-state index in [0.717, 1.165) is 30.0 Å². The number of rotatable bonds is 1. The van der Waals surface area contributed by atoms with Crippen LogP contribution in [0, 0.1) is 6.10 Å². The van der Waals surface area contributed by atoms with E-state index in [1.54, 1.807) is 0 Å². The fraction of sp³-hybridized carbons (Fsp3) is 0.300. The van der Waals surface area contributed by atoms with Crippen LogP contribution in [0.3, 0.4) is 0 Å². The van der Waals surface area contributed by atoms with E-state index in [1.165, 1.54) is 5.56 Å². The van der Waals surface area contributed by atoms with Crippen LogP contribution in [0.2, 0.25) is 0 Å². The van der Waals surface area contributed by atoms with Crippen LogP contribution in [0.5, 0.6) is 0 Å². The second-order valence-electron chi connectivity index (χ2n) is 2.86. The van der Waals surface area contributed by atoms with Crippen LogP contribution >= 0.6 is 15.9 Å². The first-order valence-electron chi connectivity index (χ1n) is 4.11. The van der Waals surface area contributed by atoms with Gasteiger partial charge in [0.2, 0.25) is 0 Å². The Morgan fingerprint density at radius 1 is 1.25 bits per heavy atom. The van der Waals surface area contributed by atoms with Gasteiger partial charge < -0.3 is 4.74 Å². The maximum absolute atomic E-state index is 5.51. The zero-order valence-corrected chi connectivity index (χ0v) is 8.30. The first kappa shape index (κ1) is 8.27. The minimum atomic E-state index is 0.872. The summed E-state index contributed by atoms with van der Waals surface area (Å²) in [4.78, 5) is 0. The Morgan fingerprint density at radius 3 is 2.75 bits per heavy atom. The molecule has 12 heavy (non-hydrogen) atoms. The molecule has 0 aliphatic carbocycles. The fourth-order valence-electron chi connectivity index (χ4n) is 1.40. The van der Waals surface area contributed by atoms with Gasteiger partial charge in [0, 0.05) is 16.6 Å². The molecule has 0 unspecified atom stereocenters. The van der Waals surface area contributed by atoms with E-state index < -0.39 is 0 Å². The van der Waals surface area contributed by atoms with E-state index in [-0.39, 0.29) is 0 Å². The third-order valence-corrected chi connectivity index (χ3v) is 2.69. The van der Waals surface area contributed by atoms with E-state index in [1.807, 2.05) is 18.2 Å². The summed E-state index contributed by atoms with van der Waals surface area (Å²) in [7, 11) is 0. The molecule has 0 saturated carbocycles. The highest BCUT2D eigenvalue weighted by atomic mass is 79.9. The lowest BCUT2D eigenvalue weighted by molar-refractivity contribution is 0.215. The molecular weight excluding hydrogens is 216 g/mol. The number of halogens is 1. The van der Waals surface area contributed by atoms with E-state index in [9.17, 15) is 0 Å². The zero-order chi connectivity index (χ0) is 8.39. The van der Waals surface area contributed by atoms with Crippen LogP contribution in [-0.2, 0) is 4.74 Å². The Bertz CT molecular complexity index is 266. The Labute approximate surface area is 80.9 Å². The molecule has 1 radical (unpaired) electrons. The first-order chi connectivity index (χ1) is 5.88. The molecule has 2 rings (SSSR count). The lowest BCUT2D eigenvalue weighted by Crippen LogP contribution is -1.97. The van der Waals surface area contributed by atoms with Crippen molar-refractivity contribution in [2.24, 2.45) is 0 Å². The van der Waals surface area contributed by atoms with Crippen molar-refractivity contribution >= 4 is 15.9 Å². The lowest BCUT2D eigenvalue weighted by Gasteiger charge is -2.09. The molecule has 1 fully saturated rings. The average molecular weight is 226 g/mol. The van der Waals surface area contributed by atoms with Crippen molar-refractivity contribution < 1.29 is 4.74 Å². The molecule has 2 heteroatoms. The zero-order valence-electron chi connectivity index (χ0n) is 6.72. The number of benzene rings is 1. The van der Waals surface area contributed by atoms with Gasteiger partial charge in [0.05, 0.1) is 0 Å². The fourth-order valence-corrected chi connectivity index (χ4v) is 1.91. The Morgan fingerprint density at radius 2 is 2.08 bits per heavy atom. The Balaban J connectivity index is 2.26. The molecule has 1 aromatic carbocycles. The van der Waals surface area contributed by atoms with Crippen LogP contribution in [-0.4, -0.2) is 6.61 Å². The van der Waals surface area contributed by atoms with Crippen LogP contribution < -0.4 is 0 Å². The topological polar surface area (TPSA) is 9.23 Å². The van der Waals surface area contributed by atoms with Gasteiger partial charge in [-0.15, -0.1) is 0 Å². The molecular formula is C10H10BrO. The standard InChI is InChI=1S/C10H10BrO/c11-9-5-2-1-4-8(9)10-6-3-7-12-10/h1-2,4-5H,3,6-7H2. The van der Waals surface area contributed by atoms with Gasteiger partial charge in [0.1, 0.15) is 6.10 Å². The molecule has 0 N–H and O–H groups in total. The summed E-state index contributed by atoms with van der Waals surface area (Å²) in [6, 6.07) is 8.19. The monoisotopic (exact) mass is 225 g/mol. The quantitative estimate of drug-likeness (QED) is 0.714. The maximum atomic E-state index is 5.51. The van der Waals surface area contributed by atoms with Crippen LogP contribution in [0.4, 0.5) is 0 Å². The van der Waals surface area contributed by atoms with E-state index in [0.29, 0.717) is 0 Å². The summed E-state index contributed by atoms with van der Waals surface area (Å²) in [5, 5.41) is 0. The molecule has 0 spiro atoms. The van der Waals surface area contributed by atoms with Gasteiger partial charge >= 0.3 is 0 Å². The highest BCUT2D eigenvalue weighted by Gasteiger charge is 2.20. The van der Waals surface area contributed by atoms with E-state index in [4.69, 9.17) is 4.74 Å². The van der Waals surface area contributed by atoms with Gasteiger partial charge in [-0.3, -0.25) is 0 Å². The summed E-state index contributed by atoms with van der Waals surface area (Å²) < 4.78 is 6.63. The number of hydrogen-bond donors (Lipinski definition) is 0. The SMILES string of the molecule is Brc1ccccc1[C]1CCCO1. The maximum Gasteiger partial charge on any atom is 0.127 e. The molecule has 63 valence electrons. The summed E-state index contributed by atoms with van der Waals surface area (Å²) in [5.74, 6) is 0. The highest BCUT2D eigenvalue weighted by Crippen LogP contribution is 2.31. The molecule has 1 nitrogen and oxygen atoms in total.